The van der Waals surface area contributed by atoms with Gasteiger partial charge in [-0.3, -0.25) is 9.59 Å². The second kappa shape index (κ2) is 10.7. The number of nitrogens with zero attached hydrogens (tertiary/aromatic N) is 2. The summed E-state index contributed by atoms with van der Waals surface area (Å²) in [4.78, 5) is 57.4. The van der Waals surface area contributed by atoms with E-state index in [0.29, 0.717) is 21.9 Å². The number of carbonyl (C=O) groups is 2. The van der Waals surface area contributed by atoms with Gasteiger partial charge in [-0.15, -0.1) is 0 Å². The molecule has 0 saturated heterocycles. The molecule has 0 amide bonds. The van der Waals surface area contributed by atoms with E-state index in [0.717, 1.165) is 37.6 Å². The van der Waals surface area contributed by atoms with Crippen LogP contribution in [0.5, 0.6) is 0 Å². The maximum absolute atomic E-state index is 13.6. The fourth-order valence-electron chi connectivity index (χ4n) is 6.07. The molecule has 0 N–H and O–H groups in total. The Balaban J connectivity index is 1.45. The molecular formula is C33H36N2O6. The molecule has 4 aromatic rings. The molecule has 214 valence electrons. The molecule has 1 aliphatic carbocycles. The quantitative estimate of drug-likeness (QED) is 0.175. The number of rotatable bonds is 10. The summed E-state index contributed by atoms with van der Waals surface area (Å²) < 4.78 is 11.1. The molecular weight excluding hydrogens is 520 g/mol. The molecule has 1 saturated carbocycles. The monoisotopic (exact) mass is 556 g/mol. The van der Waals surface area contributed by atoms with E-state index in [2.05, 4.69) is 9.80 Å². The zero-order valence-corrected chi connectivity index (χ0v) is 24.4. The topological polar surface area (TPSA) is 101 Å². The van der Waals surface area contributed by atoms with Gasteiger partial charge in [-0.25, -0.2) is 9.59 Å². The Hall–Kier alpha value is -4.20. The van der Waals surface area contributed by atoms with E-state index in [1.54, 1.807) is 38.1 Å². The van der Waals surface area contributed by atoms with Gasteiger partial charge in [0.15, 0.2) is 11.6 Å². The highest BCUT2D eigenvalue weighted by Crippen LogP contribution is 2.60. The van der Waals surface area contributed by atoms with Crippen molar-refractivity contribution in [3.63, 3.8) is 0 Å². The van der Waals surface area contributed by atoms with Crippen molar-refractivity contribution in [2.75, 3.05) is 36.0 Å². The van der Waals surface area contributed by atoms with Crippen LogP contribution in [-0.4, -0.2) is 37.7 Å². The second-order valence-corrected chi connectivity index (χ2v) is 11.2. The minimum absolute atomic E-state index is 0.0871. The normalized spacial score (nSPS) is 17.5. The van der Waals surface area contributed by atoms with Gasteiger partial charge in [0.1, 0.15) is 22.3 Å². The number of fused-ring (bicyclic) bond motifs is 2. The average molecular weight is 557 g/mol. The van der Waals surface area contributed by atoms with Crippen LogP contribution in [0.15, 0.2) is 67.0 Å². The SMILES string of the molecule is CCN(CC)c1ccc2cc(C(=O)C3C(C(=O)c4cc5ccc(N(CC)CC)cc5oc4=O)C3(C)C)c(=O)oc2c1. The van der Waals surface area contributed by atoms with Crippen molar-refractivity contribution in [2.45, 2.75) is 41.5 Å². The highest BCUT2D eigenvalue weighted by molar-refractivity contribution is 6.10. The lowest BCUT2D eigenvalue weighted by molar-refractivity contribution is 0.0902. The van der Waals surface area contributed by atoms with Gasteiger partial charge in [-0.1, -0.05) is 13.8 Å². The molecule has 2 unspecified atom stereocenters. The third-order valence-electron chi connectivity index (χ3n) is 8.62. The standard InChI is InChI=1S/C33H36N2O6/c1-7-34(8-2)21-13-11-19-15-23(31(38)40-25(19)17-21)29(36)27-28(33(27,5)6)30(37)24-16-20-12-14-22(35(9-3)10-4)18-26(20)41-32(24)39/h11-18,27-28H,7-10H2,1-6H3. The van der Waals surface area contributed by atoms with Crippen LogP contribution < -0.4 is 21.1 Å². The number of benzene rings is 2. The second-order valence-electron chi connectivity index (χ2n) is 11.2. The summed E-state index contributed by atoms with van der Waals surface area (Å²) in [6, 6.07) is 14.2. The van der Waals surface area contributed by atoms with Crippen LogP contribution in [0.2, 0.25) is 0 Å². The first-order valence-corrected chi connectivity index (χ1v) is 14.3. The molecule has 1 aliphatic rings. The summed E-state index contributed by atoms with van der Waals surface area (Å²) >= 11 is 0. The van der Waals surface area contributed by atoms with Gasteiger partial charge in [0.2, 0.25) is 0 Å². The molecule has 0 radical (unpaired) electrons. The fraction of sp³-hybridized carbons (Fsp3) is 0.394. The molecule has 2 aromatic heterocycles. The Morgan fingerprint density at radius 2 is 1.02 bits per heavy atom. The van der Waals surface area contributed by atoms with E-state index in [1.807, 2.05) is 52.0 Å². The largest absolute Gasteiger partial charge is 0.422 e. The molecule has 41 heavy (non-hydrogen) atoms. The Bertz CT molecular complexity index is 1650. The van der Waals surface area contributed by atoms with E-state index in [1.165, 1.54) is 0 Å². The van der Waals surface area contributed by atoms with E-state index >= 15 is 0 Å². The fourth-order valence-corrected chi connectivity index (χ4v) is 6.07. The van der Waals surface area contributed by atoms with Gasteiger partial charge in [0.05, 0.1) is 0 Å². The van der Waals surface area contributed by atoms with Crippen LogP contribution in [0.3, 0.4) is 0 Å². The number of hydrogen-bond donors (Lipinski definition) is 0. The lowest BCUT2D eigenvalue weighted by Crippen LogP contribution is -2.22. The van der Waals surface area contributed by atoms with E-state index in [4.69, 9.17) is 8.83 Å². The molecule has 1 fully saturated rings. The Morgan fingerprint density at radius 3 is 1.37 bits per heavy atom. The molecule has 5 rings (SSSR count). The molecule has 8 heteroatoms. The van der Waals surface area contributed by atoms with Gasteiger partial charge < -0.3 is 18.6 Å². The minimum atomic E-state index is -0.759. The smallest absolute Gasteiger partial charge is 0.347 e. The molecule has 2 atom stereocenters. The zero-order chi connectivity index (χ0) is 29.6. The number of ketones is 2. The summed E-state index contributed by atoms with van der Waals surface area (Å²) in [5.41, 5.74) is 0.273. The Morgan fingerprint density at radius 1 is 0.659 bits per heavy atom. The molecule has 8 nitrogen and oxygen atoms in total. The Kier molecular flexibility index (Phi) is 7.36. The zero-order valence-electron chi connectivity index (χ0n) is 24.4. The van der Waals surface area contributed by atoms with Crippen molar-refractivity contribution >= 4 is 44.9 Å². The molecule has 2 aromatic carbocycles. The van der Waals surface area contributed by atoms with Crippen LogP contribution in [0, 0.1) is 17.3 Å². The van der Waals surface area contributed by atoms with Crippen molar-refractivity contribution in [3.8, 4) is 0 Å². The summed E-state index contributed by atoms with van der Waals surface area (Å²) in [5, 5.41) is 1.26. The highest BCUT2D eigenvalue weighted by Gasteiger charge is 2.65. The lowest BCUT2D eigenvalue weighted by Gasteiger charge is -2.21. The maximum Gasteiger partial charge on any atom is 0.347 e. The van der Waals surface area contributed by atoms with Crippen LogP contribution in [0.25, 0.3) is 21.9 Å². The number of anilines is 2. The first-order chi connectivity index (χ1) is 19.5. The van der Waals surface area contributed by atoms with Crippen LogP contribution in [-0.2, 0) is 0 Å². The van der Waals surface area contributed by atoms with Crippen molar-refractivity contribution in [2.24, 2.45) is 17.3 Å². The van der Waals surface area contributed by atoms with Crippen LogP contribution in [0.4, 0.5) is 11.4 Å². The van der Waals surface area contributed by atoms with Crippen LogP contribution in [0.1, 0.15) is 62.3 Å². The van der Waals surface area contributed by atoms with Crippen molar-refractivity contribution in [1.82, 2.24) is 0 Å². The highest BCUT2D eigenvalue weighted by atomic mass is 16.4. The van der Waals surface area contributed by atoms with E-state index in [-0.39, 0.29) is 11.1 Å². The van der Waals surface area contributed by atoms with Gasteiger partial charge in [-0.2, -0.15) is 0 Å². The summed E-state index contributed by atoms with van der Waals surface area (Å²) in [6.45, 7) is 15.0. The summed E-state index contributed by atoms with van der Waals surface area (Å²) in [6.07, 6.45) is 0. The summed E-state index contributed by atoms with van der Waals surface area (Å²) in [5.74, 6) is -2.42. The van der Waals surface area contributed by atoms with Crippen molar-refractivity contribution in [1.29, 1.82) is 0 Å². The Labute approximate surface area is 238 Å². The van der Waals surface area contributed by atoms with Gasteiger partial charge >= 0.3 is 11.3 Å². The first-order valence-electron chi connectivity index (χ1n) is 14.3. The lowest BCUT2D eigenvalue weighted by atomic mass is 10.0. The summed E-state index contributed by atoms with van der Waals surface area (Å²) in [7, 11) is 0. The first kappa shape index (κ1) is 28.3. The third-order valence-corrected chi connectivity index (χ3v) is 8.62. The molecule has 0 aliphatic heterocycles. The molecule has 0 bridgehead atoms. The number of hydrogen-bond acceptors (Lipinski definition) is 8. The van der Waals surface area contributed by atoms with Gasteiger partial charge in [0.25, 0.3) is 0 Å². The molecule has 2 heterocycles. The predicted molar refractivity (Wildman–Crippen MR) is 162 cm³/mol. The average Bonchev–Trinajstić information content (AvgIpc) is 3.54. The number of carbonyl (C=O) groups excluding carboxylic acids is 2. The predicted octanol–water partition coefficient (Wildman–Crippen LogP) is 5.93. The van der Waals surface area contributed by atoms with Crippen LogP contribution >= 0.6 is 0 Å². The number of Topliss-reactive ketones (excluding diaryl/α,β-unsaturated/α-hetero) is 2. The van der Waals surface area contributed by atoms with Crippen molar-refractivity contribution in [3.05, 3.63) is 80.5 Å². The van der Waals surface area contributed by atoms with E-state index < -0.39 is 40.1 Å². The van der Waals surface area contributed by atoms with Gasteiger partial charge in [-0.05, 0) is 69.5 Å². The molecule has 0 spiro atoms. The van der Waals surface area contributed by atoms with Gasteiger partial charge in [0, 0.05) is 72.3 Å². The minimum Gasteiger partial charge on any atom is -0.422 e. The van der Waals surface area contributed by atoms with E-state index in [9.17, 15) is 19.2 Å². The van der Waals surface area contributed by atoms with Crippen molar-refractivity contribution < 1.29 is 18.4 Å². The third kappa shape index (κ3) is 4.85. The maximum atomic E-state index is 13.6.